The molecule has 2 amide bonds. The normalized spacial score (nSPS) is 13.4. The van der Waals surface area contributed by atoms with Gasteiger partial charge in [-0.2, -0.15) is 0 Å². The second kappa shape index (κ2) is 10.2. The van der Waals surface area contributed by atoms with Gasteiger partial charge in [-0.1, -0.05) is 30.3 Å². The number of thiocarbonyl (C=S) groups is 1. The number of hydrogen-bond donors (Lipinski definition) is 2. The van der Waals surface area contributed by atoms with Gasteiger partial charge < -0.3 is 15.1 Å². The van der Waals surface area contributed by atoms with E-state index < -0.39 is 11.7 Å². The van der Waals surface area contributed by atoms with E-state index in [4.69, 9.17) is 12.2 Å². The highest BCUT2D eigenvalue weighted by atomic mass is 32.1. The predicted octanol–water partition coefficient (Wildman–Crippen LogP) is 3.91. The molecule has 0 unspecified atom stereocenters. The van der Waals surface area contributed by atoms with Crippen molar-refractivity contribution in [2.24, 2.45) is 0 Å². The third-order valence-electron chi connectivity index (χ3n) is 5.41. The SMILES string of the molecule is O=C(NC(=S)Nc1ccccc1N1CCN(C(=O)c2ccccc2)CC1)c1ccc(F)cc1. The molecule has 2 N–H and O–H groups in total. The first-order valence-corrected chi connectivity index (χ1v) is 11.0. The summed E-state index contributed by atoms with van der Waals surface area (Å²) < 4.78 is 13.1. The fraction of sp³-hybridized carbons (Fsp3) is 0.160. The number of anilines is 2. The van der Waals surface area contributed by atoms with Gasteiger partial charge in [0.2, 0.25) is 0 Å². The maximum absolute atomic E-state index is 13.1. The molecule has 6 nitrogen and oxygen atoms in total. The Bertz CT molecular complexity index is 1150. The molecule has 0 bridgehead atoms. The van der Waals surface area contributed by atoms with Gasteiger partial charge in [0.1, 0.15) is 5.82 Å². The number of benzene rings is 3. The van der Waals surface area contributed by atoms with Crippen LogP contribution in [0.3, 0.4) is 0 Å². The van der Waals surface area contributed by atoms with Crippen LogP contribution in [0.1, 0.15) is 20.7 Å². The van der Waals surface area contributed by atoms with Gasteiger partial charge in [-0.3, -0.25) is 14.9 Å². The van der Waals surface area contributed by atoms with Gasteiger partial charge in [0, 0.05) is 37.3 Å². The zero-order valence-electron chi connectivity index (χ0n) is 17.8. The third-order valence-corrected chi connectivity index (χ3v) is 5.62. The molecule has 1 aliphatic heterocycles. The van der Waals surface area contributed by atoms with Crippen molar-refractivity contribution in [3.63, 3.8) is 0 Å². The van der Waals surface area contributed by atoms with E-state index in [2.05, 4.69) is 15.5 Å². The van der Waals surface area contributed by atoms with E-state index in [0.29, 0.717) is 37.3 Å². The molecule has 3 aromatic carbocycles. The largest absolute Gasteiger partial charge is 0.366 e. The Morgan fingerprint density at radius 1 is 0.788 bits per heavy atom. The third kappa shape index (κ3) is 5.53. The van der Waals surface area contributed by atoms with Gasteiger partial charge in [-0.05, 0) is 60.7 Å². The Hall–Kier alpha value is -3.78. The van der Waals surface area contributed by atoms with Crippen LogP contribution >= 0.6 is 12.2 Å². The predicted molar refractivity (Wildman–Crippen MR) is 131 cm³/mol. The van der Waals surface area contributed by atoms with E-state index in [-0.39, 0.29) is 11.0 Å². The fourth-order valence-corrected chi connectivity index (χ4v) is 3.90. The minimum Gasteiger partial charge on any atom is -0.366 e. The van der Waals surface area contributed by atoms with Gasteiger partial charge in [-0.25, -0.2) is 4.39 Å². The molecular weight excluding hydrogens is 439 g/mol. The molecule has 1 heterocycles. The number of rotatable bonds is 4. The van der Waals surface area contributed by atoms with Crippen LogP contribution in [0, 0.1) is 5.82 Å². The second-order valence-electron chi connectivity index (χ2n) is 7.58. The van der Waals surface area contributed by atoms with Crippen LogP contribution in [0.15, 0.2) is 78.9 Å². The molecule has 1 aliphatic rings. The van der Waals surface area contributed by atoms with E-state index in [1.54, 1.807) is 0 Å². The molecule has 1 saturated heterocycles. The molecule has 3 aromatic rings. The summed E-state index contributed by atoms with van der Waals surface area (Å²) in [6.07, 6.45) is 0. The molecule has 1 fully saturated rings. The van der Waals surface area contributed by atoms with Crippen LogP contribution < -0.4 is 15.5 Å². The van der Waals surface area contributed by atoms with Gasteiger partial charge in [0.15, 0.2) is 5.11 Å². The van der Waals surface area contributed by atoms with Crippen LogP contribution in [0.5, 0.6) is 0 Å². The summed E-state index contributed by atoms with van der Waals surface area (Å²) in [4.78, 5) is 29.1. The lowest BCUT2D eigenvalue weighted by atomic mass is 10.1. The standard InChI is InChI=1S/C25H23FN4O2S/c26-20-12-10-18(11-13-20)23(31)28-25(33)27-21-8-4-5-9-22(21)29-14-16-30(17-15-29)24(32)19-6-2-1-3-7-19/h1-13H,14-17H2,(H2,27,28,31,33). The highest BCUT2D eigenvalue weighted by Gasteiger charge is 2.23. The van der Waals surface area contributed by atoms with Gasteiger partial charge in [0.05, 0.1) is 11.4 Å². The van der Waals surface area contributed by atoms with Crippen molar-refractivity contribution < 1.29 is 14.0 Å². The number of carbonyl (C=O) groups is 2. The summed E-state index contributed by atoms with van der Waals surface area (Å²) >= 11 is 5.32. The van der Waals surface area contributed by atoms with Crippen molar-refractivity contribution in [3.8, 4) is 0 Å². The molecule has 4 rings (SSSR count). The number of nitrogens with zero attached hydrogens (tertiary/aromatic N) is 2. The molecule has 33 heavy (non-hydrogen) atoms. The van der Waals surface area contributed by atoms with Gasteiger partial charge in [-0.15, -0.1) is 0 Å². The fourth-order valence-electron chi connectivity index (χ4n) is 3.70. The number of amides is 2. The van der Waals surface area contributed by atoms with Crippen LogP contribution in [0.25, 0.3) is 0 Å². The highest BCUT2D eigenvalue weighted by molar-refractivity contribution is 7.80. The molecule has 0 atom stereocenters. The summed E-state index contributed by atoms with van der Waals surface area (Å²) in [5.41, 5.74) is 2.69. The Balaban J connectivity index is 1.37. The first-order valence-electron chi connectivity index (χ1n) is 10.6. The lowest BCUT2D eigenvalue weighted by molar-refractivity contribution is 0.0746. The Kier molecular flexibility index (Phi) is 6.95. The van der Waals surface area contributed by atoms with Gasteiger partial charge >= 0.3 is 0 Å². The Labute approximate surface area is 197 Å². The zero-order chi connectivity index (χ0) is 23.2. The number of carbonyl (C=O) groups excluding carboxylic acids is 2. The summed E-state index contributed by atoms with van der Waals surface area (Å²) in [6, 6.07) is 22.2. The quantitative estimate of drug-likeness (QED) is 0.576. The van der Waals surface area contributed by atoms with Crippen molar-refractivity contribution in [2.75, 3.05) is 36.4 Å². The maximum atomic E-state index is 13.1. The summed E-state index contributed by atoms with van der Waals surface area (Å²) in [5.74, 6) is -0.795. The minimum atomic E-state index is -0.419. The molecular formula is C25H23FN4O2S. The van der Waals surface area contributed by atoms with Crippen molar-refractivity contribution in [2.45, 2.75) is 0 Å². The second-order valence-corrected chi connectivity index (χ2v) is 7.99. The molecule has 168 valence electrons. The van der Waals surface area contributed by atoms with Crippen molar-refractivity contribution in [1.29, 1.82) is 0 Å². The highest BCUT2D eigenvalue weighted by Crippen LogP contribution is 2.27. The van der Waals surface area contributed by atoms with Crippen molar-refractivity contribution >= 4 is 40.5 Å². The molecule has 0 saturated carbocycles. The van der Waals surface area contributed by atoms with Crippen LogP contribution in [0.2, 0.25) is 0 Å². The summed E-state index contributed by atoms with van der Waals surface area (Å²) in [6.45, 7) is 2.56. The topological polar surface area (TPSA) is 64.7 Å². The number of piperazine rings is 1. The monoisotopic (exact) mass is 462 g/mol. The summed E-state index contributed by atoms with van der Waals surface area (Å²) in [7, 11) is 0. The van der Waals surface area contributed by atoms with E-state index in [0.717, 1.165) is 11.4 Å². The van der Waals surface area contributed by atoms with Crippen molar-refractivity contribution in [1.82, 2.24) is 10.2 Å². The van der Waals surface area contributed by atoms with E-state index in [1.807, 2.05) is 59.5 Å². The minimum absolute atomic E-state index is 0.0337. The Morgan fingerprint density at radius 2 is 1.42 bits per heavy atom. The first kappa shape index (κ1) is 22.4. The van der Waals surface area contributed by atoms with Crippen molar-refractivity contribution in [3.05, 3.63) is 95.8 Å². The van der Waals surface area contributed by atoms with Gasteiger partial charge in [0.25, 0.3) is 11.8 Å². The average Bonchev–Trinajstić information content (AvgIpc) is 2.85. The average molecular weight is 463 g/mol. The zero-order valence-corrected chi connectivity index (χ0v) is 18.6. The van der Waals surface area contributed by atoms with Crippen LogP contribution in [0.4, 0.5) is 15.8 Å². The number of nitrogens with one attached hydrogen (secondary N) is 2. The molecule has 8 heteroatoms. The maximum Gasteiger partial charge on any atom is 0.257 e. The number of para-hydroxylation sites is 2. The number of halogens is 1. The van der Waals surface area contributed by atoms with Crippen LogP contribution in [-0.4, -0.2) is 48.0 Å². The summed E-state index contributed by atoms with van der Waals surface area (Å²) in [5, 5.41) is 5.85. The molecule has 0 aromatic heterocycles. The van der Waals surface area contributed by atoms with E-state index in [9.17, 15) is 14.0 Å². The van der Waals surface area contributed by atoms with E-state index in [1.165, 1.54) is 24.3 Å². The molecule has 0 spiro atoms. The molecule has 0 radical (unpaired) electrons. The number of hydrogen-bond acceptors (Lipinski definition) is 4. The van der Waals surface area contributed by atoms with E-state index >= 15 is 0 Å². The lowest BCUT2D eigenvalue weighted by Gasteiger charge is -2.37. The Morgan fingerprint density at radius 3 is 2.12 bits per heavy atom. The molecule has 0 aliphatic carbocycles. The smallest absolute Gasteiger partial charge is 0.257 e. The van der Waals surface area contributed by atoms with Crippen LogP contribution in [-0.2, 0) is 0 Å². The first-order chi connectivity index (χ1) is 16.0. The lowest BCUT2D eigenvalue weighted by Crippen LogP contribution is -2.49.